The van der Waals surface area contributed by atoms with Crippen LogP contribution in [0.15, 0.2) is 22.8 Å². The number of rotatable bonds is 1. The lowest BCUT2D eigenvalue weighted by Crippen LogP contribution is -2.36. The third kappa shape index (κ3) is 1.45. The molecule has 2 heteroatoms. The van der Waals surface area contributed by atoms with Crippen molar-refractivity contribution in [3.05, 3.63) is 18.4 Å². The SMILES string of the molecule is C[Si](C)(C)c1ccco1. The lowest BCUT2D eigenvalue weighted by atomic mass is 10.7. The summed E-state index contributed by atoms with van der Waals surface area (Å²) in [5.41, 5.74) is 0. The van der Waals surface area contributed by atoms with Gasteiger partial charge in [-0.1, -0.05) is 19.6 Å². The molecule has 0 N–H and O–H groups in total. The van der Waals surface area contributed by atoms with E-state index in [1.807, 2.05) is 6.07 Å². The Morgan fingerprint density at radius 3 is 2.22 bits per heavy atom. The Labute approximate surface area is 56.7 Å². The summed E-state index contributed by atoms with van der Waals surface area (Å²) in [5, 5.41) is 1.18. The van der Waals surface area contributed by atoms with Gasteiger partial charge >= 0.3 is 0 Å². The van der Waals surface area contributed by atoms with Crippen molar-refractivity contribution in [2.75, 3.05) is 0 Å². The second-order valence-corrected chi connectivity index (χ2v) is 8.22. The molecule has 0 saturated heterocycles. The molecule has 1 aromatic heterocycles. The van der Waals surface area contributed by atoms with E-state index < -0.39 is 8.07 Å². The van der Waals surface area contributed by atoms with Crippen LogP contribution in [-0.4, -0.2) is 8.07 Å². The van der Waals surface area contributed by atoms with Crippen LogP contribution < -0.4 is 5.38 Å². The van der Waals surface area contributed by atoms with Crippen LogP contribution in [0.4, 0.5) is 0 Å². The summed E-state index contributed by atoms with van der Waals surface area (Å²) >= 11 is 0. The normalized spacial score (nSPS) is 11.9. The Kier molecular flexibility index (Phi) is 1.49. The molecule has 0 bridgehead atoms. The van der Waals surface area contributed by atoms with Gasteiger partial charge in [-0.25, -0.2) is 0 Å². The highest BCUT2D eigenvalue weighted by atomic mass is 28.3. The summed E-state index contributed by atoms with van der Waals surface area (Å²) in [5.74, 6) is 0. The van der Waals surface area contributed by atoms with Crippen molar-refractivity contribution in [2.45, 2.75) is 19.6 Å². The van der Waals surface area contributed by atoms with E-state index in [2.05, 4.69) is 25.7 Å². The van der Waals surface area contributed by atoms with Gasteiger partial charge in [-0.15, -0.1) is 0 Å². The minimum Gasteiger partial charge on any atom is -0.475 e. The summed E-state index contributed by atoms with van der Waals surface area (Å²) in [7, 11) is -1.15. The van der Waals surface area contributed by atoms with E-state index in [-0.39, 0.29) is 0 Å². The quantitative estimate of drug-likeness (QED) is 0.542. The number of furan rings is 1. The van der Waals surface area contributed by atoms with E-state index in [9.17, 15) is 0 Å². The first-order valence-corrected chi connectivity index (χ1v) is 6.65. The fraction of sp³-hybridized carbons (Fsp3) is 0.429. The molecule has 0 saturated carbocycles. The molecule has 0 aliphatic heterocycles. The molecule has 0 aromatic carbocycles. The van der Waals surface area contributed by atoms with E-state index in [0.29, 0.717) is 0 Å². The average molecular weight is 140 g/mol. The van der Waals surface area contributed by atoms with Gasteiger partial charge in [-0.2, -0.15) is 0 Å². The van der Waals surface area contributed by atoms with Gasteiger partial charge in [-0.3, -0.25) is 0 Å². The van der Waals surface area contributed by atoms with Crippen LogP contribution in [-0.2, 0) is 0 Å². The number of hydrogen-bond donors (Lipinski definition) is 0. The third-order valence-corrected chi connectivity index (χ3v) is 3.02. The van der Waals surface area contributed by atoms with Crippen molar-refractivity contribution >= 4 is 13.5 Å². The van der Waals surface area contributed by atoms with Crippen LogP contribution in [0.2, 0.25) is 19.6 Å². The van der Waals surface area contributed by atoms with Gasteiger partial charge in [-0.05, 0) is 12.1 Å². The van der Waals surface area contributed by atoms with Gasteiger partial charge in [0.2, 0.25) is 0 Å². The van der Waals surface area contributed by atoms with Gasteiger partial charge in [0.25, 0.3) is 0 Å². The van der Waals surface area contributed by atoms with Crippen molar-refractivity contribution in [3.8, 4) is 0 Å². The zero-order valence-corrected chi connectivity index (χ0v) is 7.14. The molecule has 1 nitrogen and oxygen atoms in total. The van der Waals surface area contributed by atoms with Crippen molar-refractivity contribution in [2.24, 2.45) is 0 Å². The van der Waals surface area contributed by atoms with Crippen LogP contribution in [0.1, 0.15) is 0 Å². The summed E-state index contributed by atoms with van der Waals surface area (Å²) < 4.78 is 5.26. The minimum absolute atomic E-state index is 1.15. The molecule has 9 heavy (non-hydrogen) atoms. The Morgan fingerprint density at radius 2 is 2.00 bits per heavy atom. The molecule has 0 fully saturated rings. The Hall–Kier alpha value is -0.503. The predicted octanol–water partition coefficient (Wildman–Crippen LogP) is 1.82. The first-order valence-electron chi connectivity index (χ1n) is 3.15. The van der Waals surface area contributed by atoms with Crippen LogP contribution >= 0.6 is 0 Å². The Bertz CT molecular complexity index is 171. The zero-order chi connectivity index (χ0) is 6.91. The summed E-state index contributed by atoms with van der Waals surface area (Å²) in [6.07, 6.45) is 1.74. The van der Waals surface area contributed by atoms with Crippen molar-refractivity contribution in [1.82, 2.24) is 0 Å². The standard InChI is InChI=1S/C7H12OSi/c1-9(2,3)7-5-4-6-8-7/h4-6H,1-3H3. The molecule has 0 aliphatic rings. The smallest absolute Gasteiger partial charge is 0.123 e. The lowest BCUT2D eigenvalue weighted by Gasteiger charge is -2.10. The molecule has 0 spiro atoms. The molecule has 1 aromatic rings. The van der Waals surface area contributed by atoms with E-state index in [1.165, 1.54) is 5.38 Å². The van der Waals surface area contributed by atoms with E-state index >= 15 is 0 Å². The molecular weight excluding hydrogens is 128 g/mol. The molecule has 1 rings (SSSR count). The minimum atomic E-state index is -1.15. The van der Waals surface area contributed by atoms with Crippen molar-refractivity contribution in [1.29, 1.82) is 0 Å². The molecule has 0 unspecified atom stereocenters. The number of hydrogen-bond acceptors (Lipinski definition) is 1. The van der Waals surface area contributed by atoms with Crippen LogP contribution in [0, 0.1) is 0 Å². The molecular formula is C7H12OSi. The van der Waals surface area contributed by atoms with Crippen molar-refractivity contribution < 1.29 is 4.42 Å². The largest absolute Gasteiger partial charge is 0.475 e. The highest BCUT2D eigenvalue weighted by Gasteiger charge is 2.18. The summed E-state index contributed by atoms with van der Waals surface area (Å²) in [4.78, 5) is 0. The van der Waals surface area contributed by atoms with Gasteiger partial charge in [0.1, 0.15) is 8.07 Å². The molecule has 50 valence electrons. The monoisotopic (exact) mass is 140 g/mol. The van der Waals surface area contributed by atoms with E-state index in [0.717, 1.165) is 0 Å². The molecule has 0 aliphatic carbocycles. The molecule has 0 amide bonds. The van der Waals surface area contributed by atoms with Gasteiger partial charge in [0.05, 0.1) is 11.6 Å². The fourth-order valence-electron chi connectivity index (χ4n) is 0.705. The molecule has 1 heterocycles. The molecule has 0 radical (unpaired) electrons. The summed E-state index contributed by atoms with van der Waals surface area (Å²) in [6, 6.07) is 4.01. The highest BCUT2D eigenvalue weighted by Crippen LogP contribution is 2.01. The first-order chi connectivity index (χ1) is 4.11. The molecule has 0 atom stereocenters. The zero-order valence-electron chi connectivity index (χ0n) is 6.14. The highest BCUT2D eigenvalue weighted by molar-refractivity contribution is 6.87. The maximum absolute atomic E-state index is 5.26. The van der Waals surface area contributed by atoms with Gasteiger partial charge in [0, 0.05) is 0 Å². The van der Waals surface area contributed by atoms with Crippen LogP contribution in [0.5, 0.6) is 0 Å². The van der Waals surface area contributed by atoms with E-state index in [1.54, 1.807) is 6.26 Å². The van der Waals surface area contributed by atoms with Gasteiger partial charge in [0.15, 0.2) is 0 Å². The Morgan fingerprint density at radius 1 is 1.33 bits per heavy atom. The third-order valence-electron chi connectivity index (χ3n) is 1.26. The van der Waals surface area contributed by atoms with Crippen molar-refractivity contribution in [3.63, 3.8) is 0 Å². The topological polar surface area (TPSA) is 13.1 Å². The van der Waals surface area contributed by atoms with Crippen LogP contribution in [0.3, 0.4) is 0 Å². The lowest BCUT2D eigenvalue weighted by molar-refractivity contribution is 0.597. The maximum Gasteiger partial charge on any atom is 0.123 e. The second-order valence-electron chi connectivity index (χ2n) is 3.23. The van der Waals surface area contributed by atoms with Gasteiger partial charge < -0.3 is 4.42 Å². The summed E-state index contributed by atoms with van der Waals surface area (Å²) in [6.45, 7) is 6.81. The second kappa shape index (κ2) is 2.03. The predicted molar refractivity (Wildman–Crippen MR) is 41.7 cm³/mol. The van der Waals surface area contributed by atoms with E-state index in [4.69, 9.17) is 4.42 Å². The average Bonchev–Trinajstić information content (AvgIpc) is 2.08. The Balaban J connectivity index is 2.90. The first kappa shape index (κ1) is 6.61. The fourth-order valence-corrected chi connectivity index (χ4v) is 1.72. The van der Waals surface area contributed by atoms with Crippen LogP contribution in [0.25, 0.3) is 0 Å². The maximum atomic E-state index is 5.26.